The topological polar surface area (TPSA) is 291 Å². The van der Waals surface area contributed by atoms with Gasteiger partial charge in [0.2, 0.25) is 6.10 Å². The van der Waals surface area contributed by atoms with Crippen LogP contribution in [0.5, 0.6) is 11.5 Å². The zero-order valence-electron chi connectivity index (χ0n) is 27.0. The van der Waals surface area contributed by atoms with Crippen molar-refractivity contribution in [2.45, 2.75) is 36.8 Å². The number of thiazole rings is 1. The van der Waals surface area contributed by atoms with Crippen LogP contribution in [0.1, 0.15) is 35.3 Å². The van der Waals surface area contributed by atoms with Gasteiger partial charge >= 0.3 is 17.9 Å². The number of quaternary nitrogens is 1. The van der Waals surface area contributed by atoms with Crippen molar-refractivity contribution in [3.63, 3.8) is 0 Å². The van der Waals surface area contributed by atoms with E-state index in [1.807, 2.05) is 0 Å². The Morgan fingerprint density at radius 3 is 2.48 bits per heavy atom. The summed E-state index contributed by atoms with van der Waals surface area (Å²) in [6.07, 6.45) is -1.20. The lowest BCUT2D eigenvalue weighted by Gasteiger charge is -2.50. The van der Waals surface area contributed by atoms with E-state index in [2.05, 4.69) is 20.8 Å². The summed E-state index contributed by atoms with van der Waals surface area (Å²) in [6, 6.07) is 1.21. The number of nitrogens with zero attached hydrogens (tertiary/aromatic N) is 4. The standard InChI is InChI=1S/C30H32ClN7O12S2/c31-19-14(3-4-16(39)23(19)42)24(43)33-5-8-38(6-1-2-7-38)10-13-11-51-27-21(26(45)37(27)22(13)29(48)49)35-25(44)20(15-12-52-30(32)34-15)36-50-17(28(46)47)9-18(40)41/h3-4,12,17,21,27H,1-2,5-11H2,(H8-,32,33,34,35,36,39,40,41,42,43,44,46,47,48,49)/p+1/t17-,21+,27+/m0/s1. The molecule has 3 atom stereocenters. The second kappa shape index (κ2) is 15.6. The number of aliphatic carboxylic acids is 3. The summed E-state index contributed by atoms with van der Waals surface area (Å²) in [5.74, 6) is -7.68. The number of aromatic nitrogens is 1. The molecule has 2 fully saturated rings. The Bertz CT molecular complexity index is 1880. The van der Waals surface area contributed by atoms with Gasteiger partial charge < -0.3 is 51.2 Å². The first-order chi connectivity index (χ1) is 24.6. The van der Waals surface area contributed by atoms with E-state index in [1.54, 1.807) is 0 Å². The first kappa shape index (κ1) is 38.1. The highest BCUT2D eigenvalue weighted by Crippen LogP contribution is 2.41. The fourth-order valence-electron chi connectivity index (χ4n) is 6.16. The highest BCUT2D eigenvalue weighted by atomic mass is 35.5. The lowest BCUT2D eigenvalue weighted by atomic mass is 10.0. The number of nitrogen functional groups attached to an aromatic ring is 1. The molecule has 9 N–H and O–H groups in total. The number of oxime groups is 1. The maximum Gasteiger partial charge on any atom is 0.352 e. The Kier molecular flexibility index (Phi) is 11.5. The number of thioether (sulfide) groups is 1. The number of phenolic OH excluding ortho intramolecular Hbond substituents is 2. The maximum atomic E-state index is 13.5. The number of phenols is 2. The minimum absolute atomic E-state index is 0.0242. The zero-order chi connectivity index (χ0) is 37.9. The van der Waals surface area contributed by atoms with Crippen molar-refractivity contribution in [3.8, 4) is 11.5 Å². The SMILES string of the molecule is Nc1nc(/C(=N/O[C@@H](CC(=O)O)C(=O)O)C(=O)N[C@@H]2C(=O)N3C(C(=O)O)=C(C[N+]4(CCNC(=O)c5ccc(O)c(O)c5Cl)CCCC4)CS[C@H]23)cs1. The first-order valence-corrected chi connectivity index (χ1v) is 17.9. The van der Waals surface area contributed by atoms with Gasteiger partial charge in [0.1, 0.15) is 29.4 Å². The predicted octanol–water partition coefficient (Wildman–Crippen LogP) is 0.218. The molecular weight excluding hydrogens is 750 g/mol. The summed E-state index contributed by atoms with van der Waals surface area (Å²) in [7, 11) is 0. The number of rotatable bonds is 15. The lowest BCUT2D eigenvalue weighted by Crippen LogP contribution is -2.71. The number of aromatic hydroxyl groups is 2. The van der Waals surface area contributed by atoms with Crippen LogP contribution in [-0.2, 0) is 28.8 Å². The molecule has 19 nitrogen and oxygen atoms in total. The summed E-state index contributed by atoms with van der Waals surface area (Å²) < 4.78 is 0.435. The Morgan fingerprint density at radius 1 is 1.15 bits per heavy atom. The van der Waals surface area contributed by atoms with Crippen molar-refractivity contribution in [1.82, 2.24) is 20.5 Å². The Balaban J connectivity index is 1.29. The third kappa shape index (κ3) is 8.01. The van der Waals surface area contributed by atoms with Crippen LogP contribution in [-0.4, -0.2) is 137 Å². The molecule has 278 valence electrons. The highest BCUT2D eigenvalue weighted by molar-refractivity contribution is 8.00. The normalized spacial score (nSPS) is 20.1. The molecule has 0 radical (unpaired) electrons. The van der Waals surface area contributed by atoms with E-state index in [0.717, 1.165) is 35.1 Å². The average molecular weight is 783 g/mol. The van der Waals surface area contributed by atoms with Crippen molar-refractivity contribution < 1.29 is 63.6 Å². The van der Waals surface area contributed by atoms with E-state index in [1.165, 1.54) is 23.2 Å². The molecule has 3 amide bonds. The molecule has 0 saturated carbocycles. The quantitative estimate of drug-likeness (QED) is 0.0394. The van der Waals surface area contributed by atoms with Gasteiger partial charge in [-0.3, -0.25) is 24.1 Å². The van der Waals surface area contributed by atoms with Crippen LogP contribution >= 0.6 is 34.7 Å². The molecule has 0 aliphatic carbocycles. The van der Waals surface area contributed by atoms with Gasteiger partial charge in [-0.15, -0.1) is 23.1 Å². The van der Waals surface area contributed by atoms with E-state index in [9.17, 15) is 49.2 Å². The van der Waals surface area contributed by atoms with E-state index in [4.69, 9.17) is 27.3 Å². The van der Waals surface area contributed by atoms with Gasteiger partial charge in [0, 0.05) is 29.5 Å². The monoisotopic (exact) mass is 782 g/mol. The molecule has 0 unspecified atom stereocenters. The van der Waals surface area contributed by atoms with Gasteiger partial charge in [0.15, 0.2) is 22.3 Å². The van der Waals surface area contributed by atoms with Crippen LogP contribution < -0.4 is 16.4 Å². The van der Waals surface area contributed by atoms with Crippen LogP contribution in [0.2, 0.25) is 5.02 Å². The van der Waals surface area contributed by atoms with Crippen LogP contribution in [0, 0.1) is 0 Å². The number of nitrogens with two attached hydrogens (primary N) is 1. The Morgan fingerprint density at radius 2 is 1.87 bits per heavy atom. The number of hydrogen-bond donors (Lipinski definition) is 8. The van der Waals surface area contributed by atoms with Gasteiger partial charge in [-0.25, -0.2) is 14.6 Å². The van der Waals surface area contributed by atoms with E-state index in [-0.39, 0.29) is 46.0 Å². The first-order valence-electron chi connectivity index (χ1n) is 15.6. The number of β-lactam (4-membered cyclic amide) rings is 1. The summed E-state index contributed by atoms with van der Waals surface area (Å²) in [6.45, 7) is 2.26. The van der Waals surface area contributed by atoms with Gasteiger partial charge in [-0.2, -0.15) is 0 Å². The lowest BCUT2D eigenvalue weighted by molar-refractivity contribution is -0.911. The molecule has 52 heavy (non-hydrogen) atoms. The molecule has 1 aromatic carbocycles. The fraction of sp³-hybridized carbons (Fsp3) is 0.400. The number of nitrogens with one attached hydrogen (secondary N) is 2. The molecule has 3 aliphatic rings. The molecule has 4 heterocycles. The van der Waals surface area contributed by atoms with Crippen molar-refractivity contribution in [3.05, 3.63) is 45.1 Å². The molecular formula is C30H33ClN7O12S2+. The van der Waals surface area contributed by atoms with E-state index >= 15 is 0 Å². The Hall–Kier alpha value is -5.12. The number of benzene rings is 1. The smallest absolute Gasteiger partial charge is 0.352 e. The fourth-order valence-corrected chi connectivity index (χ4v) is 8.29. The zero-order valence-corrected chi connectivity index (χ0v) is 29.4. The number of fused-ring (bicyclic) bond motifs is 1. The Labute approximate surface area is 307 Å². The number of hydrogen-bond acceptors (Lipinski definition) is 14. The number of halogens is 1. The number of carboxylic acids is 3. The number of carbonyl (C=O) groups is 6. The number of amides is 3. The van der Waals surface area contributed by atoms with Crippen molar-refractivity contribution in [2.75, 3.05) is 44.2 Å². The van der Waals surface area contributed by atoms with E-state index < -0.39 is 76.8 Å². The molecule has 3 aliphatic heterocycles. The van der Waals surface area contributed by atoms with Crippen LogP contribution in [0.4, 0.5) is 5.13 Å². The van der Waals surface area contributed by atoms with Crippen molar-refractivity contribution in [1.29, 1.82) is 0 Å². The van der Waals surface area contributed by atoms with Crippen molar-refractivity contribution >= 4 is 81.2 Å². The summed E-state index contributed by atoms with van der Waals surface area (Å²) >= 11 is 8.18. The maximum absolute atomic E-state index is 13.5. The average Bonchev–Trinajstić information content (AvgIpc) is 3.74. The molecule has 5 rings (SSSR count). The third-order valence-corrected chi connectivity index (χ3v) is 11.1. The van der Waals surface area contributed by atoms with Crippen molar-refractivity contribution in [2.24, 2.45) is 5.16 Å². The number of carbonyl (C=O) groups excluding carboxylic acids is 3. The van der Waals surface area contributed by atoms with Gasteiger partial charge in [-0.1, -0.05) is 16.8 Å². The second-order valence-corrected chi connectivity index (χ2v) is 14.5. The molecule has 0 spiro atoms. The molecule has 22 heteroatoms. The van der Waals surface area contributed by atoms with Crippen LogP contribution in [0.25, 0.3) is 0 Å². The highest BCUT2D eigenvalue weighted by Gasteiger charge is 2.55. The summed E-state index contributed by atoms with van der Waals surface area (Å²) in [4.78, 5) is 84.7. The van der Waals surface area contributed by atoms with Gasteiger partial charge in [0.05, 0.1) is 43.2 Å². The minimum Gasteiger partial charge on any atom is -0.504 e. The van der Waals surface area contributed by atoms with Gasteiger partial charge in [0.25, 0.3) is 17.7 Å². The largest absolute Gasteiger partial charge is 0.504 e. The summed E-state index contributed by atoms with van der Waals surface area (Å²) in [5.41, 5.74) is 5.23. The summed E-state index contributed by atoms with van der Waals surface area (Å²) in [5, 5.41) is 57.1. The van der Waals surface area contributed by atoms with E-state index in [0.29, 0.717) is 29.7 Å². The van der Waals surface area contributed by atoms with Crippen LogP contribution in [0.3, 0.4) is 0 Å². The molecule has 2 aromatic rings. The molecule has 0 bridgehead atoms. The third-order valence-electron chi connectivity index (χ3n) is 8.68. The second-order valence-electron chi connectivity index (χ2n) is 12.1. The molecule has 2 saturated heterocycles. The minimum atomic E-state index is -1.95. The van der Waals surface area contributed by atoms with Crippen LogP contribution in [0.15, 0.2) is 33.9 Å². The number of likely N-dealkylation sites (tertiary alicyclic amines) is 1. The number of carboxylic acid groups (broad SMARTS) is 3. The van der Waals surface area contributed by atoms with Gasteiger partial charge in [-0.05, 0) is 12.1 Å². The molecule has 1 aromatic heterocycles. The number of anilines is 1. The predicted molar refractivity (Wildman–Crippen MR) is 184 cm³/mol.